The number of hydrogen-bond donors (Lipinski definition) is 3. The van der Waals surface area contributed by atoms with Gasteiger partial charge in [-0.2, -0.15) is 0 Å². The van der Waals surface area contributed by atoms with E-state index < -0.39 is 7.60 Å². The molecule has 0 spiro atoms. The summed E-state index contributed by atoms with van der Waals surface area (Å²) in [6.07, 6.45) is 5.25. The van der Waals surface area contributed by atoms with Crippen LogP contribution in [0.1, 0.15) is 50.8 Å². The van der Waals surface area contributed by atoms with Crippen LogP contribution in [0.4, 0.5) is 4.39 Å². The third-order valence-electron chi connectivity index (χ3n) is 4.97. The van der Waals surface area contributed by atoms with Gasteiger partial charge in [-0.1, -0.05) is 38.5 Å². The van der Waals surface area contributed by atoms with Gasteiger partial charge in [-0.25, -0.2) is 4.39 Å². The van der Waals surface area contributed by atoms with Gasteiger partial charge in [-0.3, -0.25) is 9.55 Å². The number of nitrogens with zero attached hydrogens (tertiary/aromatic N) is 1. The van der Waals surface area contributed by atoms with Crippen LogP contribution in [-0.2, 0) is 16.5 Å². The van der Waals surface area contributed by atoms with E-state index in [-0.39, 0.29) is 17.4 Å². The highest BCUT2D eigenvalue weighted by molar-refractivity contribution is 7.99. The van der Waals surface area contributed by atoms with Crippen molar-refractivity contribution in [3.05, 3.63) is 59.7 Å². The molecule has 0 saturated heterocycles. The number of aromatic nitrogens is 1. The second-order valence-electron chi connectivity index (χ2n) is 8.07. The van der Waals surface area contributed by atoms with Crippen molar-refractivity contribution in [2.45, 2.75) is 56.4 Å². The summed E-state index contributed by atoms with van der Waals surface area (Å²) < 4.78 is 24.8. The fourth-order valence-electron chi connectivity index (χ4n) is 3.23. The Kier molecular flexibility index (Phi) is 9.98. The first-order chi connectivity index (χ1) is 14.2. The van der Waals surface area contributed by atoms with Gasteiger partial charge in [-0.15, -0.1) is 11.8 Å². The molecule has 0 saturated carbocycles. The Hall–Kier alpha value is -1.24. The molecule has 0 bridgehead atoms. The maximum atomic E-state index is 14.0. The molecule has 2 rings (SSSR count). The second kappa shape index (κ2) is 12.0. The quantitative estimate of drug-likeness (QED) is 0.221. The highest BCUT2D eigenvalue weighted by Crippen LogP contribution is 2.34. The van der Waals surface area contributed by atoms with Crippen LogP contribution >= 0.6 is 19.4 Å². The van der Waals surface area contributed by atoms with Gasteiger partial charge in [-0.05, 0) is 60.7 Å². The Morgan fingerprint density at radius 3 is 2.57 bits per heavy atom. The molecule has 1 aromatic carbocycles. The maximum absolute atomic E-state index is 14.0. The molecule has 0 aliphatic carbocycles. The molecular formula is C22H32FN2O3PS. The molecule has 8 heteroatoms. The fraction of sp³-hybridized carbons (Fsp3) is 0.500. The highest BCUT2D eigenvalue weighted by atomic mass is 32.2. The molecular weight excluding hydrogens is 422 g/mol. The SMILES string of the molecule is CC(C)(CCCCSc1ccc(CNCCCP(=O)(O)O)nc1)c1ccccc1F. The predicted octanol–water partition coefficient (Wildman–Crippen LogP) is 5.12. The van der Waals surface area contributed by atoms with Gasteiger partial charge < -0.3 is 15.1 Å². The molecule has 30 heavy (non-hydrogen) atoms. The first-order valence-corrected chi connectivity index (χ1v) is 13.0. The summed E-state index contributed by atoms with van der Waals surface area (Å²) in [4.78, 5) is 23.2. The summed E-state index contributed by atoms with van der Waals surface area (Å²) >= 11 is 1.77. The van der Waals surface area contributed by atoms with E-state index in [1.165, 1.54) is 6.07 Å². The van der Waals surface area contributed by atoms with Crippen molar-refractivity contribution in [1.29, 1.82) is 0 Å². The van der Waals surface area contributed by atoms with E-state index in [1.807, 2.05) is 30.5 Å². The Labute approximate surface area is 183 Å². The van der Waals surface area contributed by atoms with Gasteiger partial charge in [0.15, 0.2) is 0 Å². The molecule has 0 aliphatic heterocycles. The monoisotopic (exact) mass is 454 g/mol. The van der Waals surface area contributed by atoms with E-state index >= 15 is 0 Å². The molecule has 0 aliphatic rings. The third-order valence-corrected chi connectivity index (χ3v) is 6.94. The van der Waals surface area contributed by atoms with Crippen molar-refractivity contribution >= 4 is 19.4 Å². The van der Waals surface area contributed by atoms with E-state index in [0.717, 1.165) is 41.2 Å². The van der Waals surface area contributed by atoms with Crippen molar-refractivity contribution in [2.75, 3.05) is 18.5 Å². The number of thioether (sulfide) groups is 1. The van der Waals surface area contributed by atoms with E-state index in [2.05, 4.69) is 24.1 Å². The van der Waals surface area contributed by atoms with Crippen molar-refractivity contribution < 1.29 is 18.7 Å². The summed E-state index contributed by atoms with van der Waals surface area (Å²) in [6.45, 7) is 5.33. The largest absolute Gasteiger partial charge is 0.325 e. The molecule has 0 unspecified atom stereocenters. The summed E-state index contributed by atoms with van der Waals surface area (Å²) in [6, 6.07) is 11.1. The lowest BCUT2D eigenvalue weighted by Gasteiger charge is -2.25. The second-order valence-corrected chi connectivity index (χ2v) is 11.0. The minimum absolute atomic E-state index is 0.0967. The zero-order valence-electron chi connectivity index (χ0n) is 17.7. The topological polar surface area (TPSA) is 82.5 Å². The summed E-state index contributed by atoms with van der Waals surface area (Å²) in [7, 11) is -3.90. The van der Waals surface area contributed by atoms with E-state index in [0.29, 0.717) is 19.5 Å². The number of hydrogen-bond acceptors (Lipinski definition) is 4. The van der Waals surface area contributed by atoms with Crippen LogP contribution in [0.3, 0.4) is 0 Å². The van der Waals surface area contributed by atoms with E-state index in [4.69, 9.17) is 9.79 Å². The minimum Gasteiger partial charge on any atom is -0.324 e. The Morgan fingerprint density at radius 1 is 1.13 bits per heavy atom. The van der Waals surface area contributed by atoms with Crippen molar-refractivity contribution in [1.82, 2.24) is 10.3 Å². The zero-order chi connectivity index (χ0) is 22.0. The lowest BCUT2D eigenvalue weighted by atomic mass is 9.80. The van der Waals surface area contributed by atoms with Crippen LogP contribution in [0.25, 0.3) is 0 Å². The highest BCUT2D eigenvalue weighted by Gasteiger charge is 2.23. The van der Waals surface area contributed by atoms with Gasteiger partial charge in [0.05, 0.1) is 11.9 Å². The molecule has 0 amide bonds. The molecule has 5 nitrogen and oxygen atoms in total. The molecule has 2 aromatic rings. The van der Waals surface area contributed by atoms with Crippen LogP contribution in [0, 0.1) is 5.82 Å². The number of nitrogens with one attached hydrogen (secondary N) is 1. The van der Waals surface area contributed by atoms with Crippen LogP contribution in [-0.4, -0.2) is 33.2 Å². The minimum atomic E-state index is -3.90. The lowest BCUT2D eigenvalue weighted by molar-refractivity contribution is 0.371. The van der Waals surface area contributed by atoms with Crippen molar-refractivity contribution in [2.24, 2.45) is 0 Å². The Balaban J connectivity index is 1.63. The van der Waals surface area contributed by atoms with Gasteiger partial charge in [0, 0.05) is 17.6 Å². The number of pyridine rings is 1. The van der Waals surface area contributed by atoms with Gasteiger partial charge in [0.2, 0.25) is 0 Å². The maximum Gasteiger partial charge on any atom is 0.325 e. The molecule has 1 aromatic heterocycles. The summed E-state index contributed by atoms with van der Waals surface area (Å²) in [5.74, 6) is 0.869. The van der Waals surface area contributed by atoms with E-state index in [1.54, 1.807) is 17.8 Å². The van der Waals surface area contributed by atoms with Crippen LogP contribution in [0.2, 0.25) is 0 Å². The molecule has 166 valence electrons. The van der Waals surface area contributed by atoms with Crippen LogP contribution < -0.4 is 5.32 Å². The van der Waals surface area contributed by atoms with Gasteiger partial charge >= 0.3 is 7.60 Å². The number of unbranched alkanes of at least 4 members (excludes halogenated alkanes) is 1. The predicted molar refractivity (Wildman–Crippen MR) is 121 cm³/mol. The zero-order valence-corrected chi connectivity index (χ0v) is 19.4. The summed E-state index contributed by atoms with van der Waals surface area (Å²) in [5, 5.41) is 3.15. The smallest absolute Gasteiger partial charge is 0.324 e. The third kappa shape index (κ3) is 9.27. The van der Waals surface area contributed by atoms with Crippen molar-refractivity contribution in [3.8, 4) is 0 Å². The number of benzene rings is 1. The first-order valence-electron chi connectivity index (χ1n) is 10.3. The summed E-state index contributed by atoms with van der Waals surface area (Å²) in [5.41, 5.74) is 1.52. The fourth-order valence-corrected chi connectivity index (χ4v) is 4.68. The molecule has 1 heterocycles. The molecule has 0 atom stereocenters. The van der Waals surface area contributed by atoms with Crippen LogP contribution in [0.15, 0.2) is 47.5 Å². The standard InChI is InChI=1S/C22H32FN2O3PS/c1-22(2,20-8-3-4-9-21(20)23)12-5-6-15-30-19-11-10-18(25-17-19)16-24-13-7-14-29(26,27)28/h3-4,8-11,17,24H,5-7,12-16H2,1-2H3,(H2,26,27,28). The average molecular weight is 455 g/mol. The molecule has 3 N–H and O–H groups in total. The molecule has 0 radical (unpaired) electrons. The number of halogens is 1. The lowest BCUT2D eigenvalue weighted by Crippen LogP contribution is -2.18. The Morgan fingerprint density at radius 2 is 1.90 bits per heavy atom. The number of rotatable bonds is 13. The normalized spacial score (nSPS) is 12.3. The van der Waals surface area contributed by atoms with Crippen LogP contribution in [0.5, 0.6) is 0 Å². The van der Waals surface area contributed by atoms with Gasteiger partial charge in [0.25, 0.3) is 0 Å². The Bertz CT molecular complexity index is 827. The first kappa shape index (κ1) is 25.0. The average Bonchev–Trinajstić information content (AvgIpc) is 2.68. The van der Waals surface area contributed by atoms with E-state index in [9.17, 15) is 8.96 Å². The van der Waals surface area contributed by atoms with Crippen molar-refractivity contribution in [3.63, 3.8) is 0 Å². The molecule has 0 fully saturated rings. The van der Waals surface area contributed by atoms with Gasteiger partial charge in [0.1, 0.15) is 5.82 Å².